The Morgan fingerprint density at radius 3 is 2.68 bits per heavy atom. The third kappa shape index (κ3) is 3.00. The molecular weight excluding hydrogens is 343 g/mol. The Hall–Kier alpha value is -2.73. The third-order valence-corrected chi connectivity index (χ3v) is 4.41. The summed E-state index contributed by atoms with van der Waals surface area (Å²) in [6.45, 7) is 0. The van der Waals surface area contributed by atoms with E-state index in [9.17, 15) is 9.18 Å². The molecule has 0 fully saturated rings. The standard InChI is InChI=1S/C18H14ClFN4O/c19-11-4-9-16(21-10-11)22-18(25)17-14-2-1-3-15(14)24(23-17)13-7-5-12(20)6-8-13/h4-10H,1-3H2,(H,21,22,25). The normalized spacial score (nSPS) is 12.9. The summed E-state index contributed by atoms with van der Waals surface area (Å²) in [6, 6.07) is 9.38. The molecule has 0 spiro atoms. The number of halogens is 2. The first kappa shape index (κ1) is 15.8. The molecule has 7 heteroatoms. The minimum absolute atomic E-state index is 0.306. The van der Waals surface area contributed by atoms with E-state index in [2.05, 4.69) is 15.4 Å². The highest BCUT2D eigenvalue weighted by Gasteiger charge is 2.27. The minimum atomic E-state index is -0.311. The van der Waals surface area contributed by atoms with Gasteiger partial charge in [-0.2, -0.15) is 5.10 Å². The van der Waals surface area contributed by atoms with E-state index in [0.29, 0.717) is 16.5 Å². The molecule has 1 aliphatic rings. The van der Waals surface area contributed by atoms with Crippen LogP contribution in [0.2, 0.25) is 5.02 Å². The molecule has 0 atom stereocenters. The van der Waals surface area contributed by atoms with Crippen molar-refractivity contribution in [3.05, 3.63) is 70.4 Å². The summed E-state index contributed by atoms with van der Waals surface area (Å²) in [5.74, 6) is -0.203. The highest BCUT2D eigenvalue weighted by Crippen LogP contribution is 2.28. The average molecular weight is 357 g/mol. The quantitative estimate of drug-likeness (QED) is 0.776. The number of anilines is 1. The second-order valence-electron chi connectivity index (χ2n) is 5.83. The van der Waals surface area contributed by atoms with Crippen molar-refractivity contribution in [1.29, 1.82) is 0 Å². The number of fused-ring (bicyclic) bond motifs is 1. The van der Waals surface area contributed by atoms with E-state index in [0.717, 1.165) is 36.2 Å². The van der Waals surface area contributed by atoms with Crippen LogP contribution in [0.3, 0.4) is 0 Å². The second kappa shape index (κ2) is 6.29. The molecule has 4 rings (SSSR count). The number of benzene rings is 1. The summed E-state index contributed by atoms with van der Waals surface area (Å²) in [5, 5.41) is 7.72. The van der Waals surface area contributed by atoms with Gasteiger partial charge in [-0.25, -0.2) is 14.1 Å². The van der Waals surface area contributed by atoms with Gasteiger partial charge in [-0.15, -0.1) is 0 Å². The van der Waals surface area contributed by atoms with Crippen molar-refractivity contribution in [3.8, 4) is 5.69 Å². The molecule has 1 aromatic carbocycles. The van der Waals surface area contributed by atoms with E-state index in [1.54, 1.807) is 28.9 Å². The predicted octanol–water partition coefficient (Wildman–Crippen LogP) is 3.80. The van der Waals surface area contributed by atoms with Gasteiger partial charge in [0.1, 0.15) is 11.6 Å². The Bertz CT molecular complexity index is 935. The number of aromatic nitrogens is 3. The van der Waals surface area contributed by atoms with Crippen LogP contribution in [0.1, 0.15) is 28.2 Å². The van der Waals surface area contributed by atoms with Crippen LogP contribution in [0.4, 0.5) is 10.2 Å². The van der Waals surface area contributed by atoms with Crippen LogP contribution in [0, 0.1) is 5.82 Å². The number of carbonyl (C=O) groups excluding carboxylic acids is 1. The van der Waals surface area contributed by atoms with Crippen LogP contribution in [0.15, 0.2) is 42.6 Å². The largest absolute Gasteiger partial charge is 0.305 e. The first-order chi connectivity index (χ1) is 12.1. The van der Waals surface area contributed by atoms with Crippen LogP contribution < -0.4 is 5.32 Å². The van der Waals surface area contributed by atoms with Crippen LogP contribution in [-0.4, -0.2) is 20.7 Å². The molecule has 25 heavy (non-hydrogen) atoms. The number of amides is 1. The number of rotatable bonds is 3. The Kier molecular flexibility index (Phi) is 3.97. The van der Waals surface area contributed by atoms with E-state index in [1.165, 1.54) is 18.3 Å². The lowest BCUT2D eigenvalue weighted by Gasteiger charge is -2.05. The summed E-state index contributed by atoms with van der Waals surface area (Å²) in [4.78, 5) is 16.7. The monoisotopic (exact) mass is 356 g/mol. The number of pyridine rings is 1. The van der Waals surface area contributed by atoms with Crippen LogP contribution in [0.5, 0.6) is 0 Å². The topological polar surface area (TPSA) is 59.8 Å². The molecular formula is C18H14ClFN4O. The van der Waals surface area contributed by atoms with Crippen LogP contribution in [0.25, 0.3) is 5.69 Å². The van der Waals surface area contributed by atoms with Crippen molar-refractivity contribution in [2.24, 2.45) is 0 Å². The maximum atomic E-state index is 13.2. The maximum absolute atomic E-state index is 13.2. The van der Waals surface area contributed by atoms with Gasteiger partial charge in [-0.3, -0.25) is 4.79 Å². The summed E-state index contributed by atoms with van der Waals surface area (Å²) in [5.41, 5.74) is 3.06. The minimum Gasteiger partial charge on any atom is -0.305 e. The Labute approximate surface area is 148 Å². The van der Waals surface area contributed by atoms with Gasteiger partial charge in [0.2, 0.25) is 0 Å². The molecule has 1 aliphatic carbocycles. The van der Waals surface area contributed by atoms with Gasteiger partial charge in [-0.1, -0.05) is 11.6 Å². The molecule has 126 valence electrons. The lowest BCUT2D eigenvalue weighted by Crippen LogP contribution is -2.15. The average Bonchev–Trinajstić information content (AvgIpc) is 3.20. The predicted molar refractivity (Wildman–Crippen MR) is 92.7 cm³/mol. The molecule has 0 radical (unpaired) electrons. The van der Waals surface area contributed by atoms with E-state index in [4.69, 9.17) is 11.6 Å². The van der Waals surface area contributed by atoms with Crippen molar-refractivity contribution in [2.45, 2.75) is 19.3 Å². The Morgan fingerprint density at radius 2 is 1.96 bits per heavy atom. The first-order valence-electron chi connectivity index (χ1n) is 7.91. The van der Waals surface area contributed by atoms with Gasteiger partial charge in [0.15, 0.2) is 5.69 Å². The third-order valence-electron chi connectivity index (χ3n) is 4.19. The highest BCUT2D eigenvalue weighted by molar-refractivity contribution is 6.30. The zero-order chi connectivity index (χ0) is 17.4. The lowest BCUT2D eigenvalue weighted by atomic mass is 10.2. The second-order valence-corrected chi connectivity index (χ2v) is 6.27. The highest BCUT2D eigenvalue weighted by atomic mass is 35.5. The molecule has 3 aromatic rings. The van der Waals surface area contributed by atoms with Crippen molar-refractivity contribution in [2.75, 3.05) is 5.32 Å². The van der Waals surface area contributed by atoms with E-state index < -0.39 is 0 Å². The van der Waals surface area contributed by atoms with Crippen LogP contribution >= 0.6 is 11.6 Å². The van der Waals surface area contributed by atoms with Crippen molar-refractivity contribution >= 4 is 23.3 Å². The maximum Gasteiger partial charge on any atom is 0.277 e. The van der Waals surface area contributed by atoms with Gasteiger partial charge in [0.05, 0.1) is 10.7 Å². The first-order valence-corrected chi connectivity index (χ1v) is 8.29. The SMILES string of the molecule is O=C(Nc1ccc(Cl)cn1)c1nn(-c2ccc(F)cc2)c2c1CCC2. The van der Waals surface area contributed by atoms with Gasteiger partial charge in [-0.05, 0) is 55.7 Å². The summed E-state index contributed by atoms with van der Waals surface area (Å²) >= 11 is 5.81. The van der Waals surface area contributed by atoms with Gasteiger partial charge < -0.3 is 5.32 Å². The number of hydrogen-bond acceptors (Lipinski definition) is 3. The van der Waals surface area contributed by atoms with Crippen LogP contribution in [-0.2, 0) is 12.8 Å². The smallest absolute Gasteiger partial charge is 0.277 e. The van der Waals surface area contributed by atoms with E-state index in [-0.39, 0.29) is 11.7 Å². The molecule has 0 saturated heterocycles. The van der Waals surface area contributed by atoms with Crippen molar-refractivity contribution < 1.29 is 9.18 Å². The zero-order valence-electron chi connectivity index (χ0n) is 13.2. The summed E-state index contributed by atoms with van der Waals surface area (Å²) in [7, 11) is 0. The zero-order valence-corrected chi connectivity index (χ0v) is 13.9. The molecule has 0 bridgehead atoms. The van der Waals surface area contributed by atoms with Crippen molar-refractivity contribution in [3.63, 3.8) is 0 Å². The molecule has 0 aliphatic heterocycles. The molecule has 0 saturated carbocycles. The van der Waals surface area contributed by atoms with Crippen molar-refractivity contribution in [1.82, 2.24) is 14.8 Å². The number of nitrogens with zero attached hydrogens (tertiary/aromatic N) is 3. The summed E-state index contributed by atoms with van der Waals surface area (Å²) in [6.07, 6.45) is 4.08. The van der Waals surface area contributed by atoms with Gasteiger partial charge in [0.25, 0.3) is 5.91 Å². The van der Waals surface area contributed by atoms with Gasteiger partial charge in [0, 0.05) is 17.5 Å². The molecule has 1 N–H and O–H groups in total. The van der Waals surface area contributed by atoms with E-state index >= 15 is 0 Å². The van der Waals surface area contributed by atoms with Gasteiger partial charge >= 0.3 is 0 Å². The number of hydrogen-bond donors (Lipinski definition) is 1. The molecule has 0 unspecified atom stereocenters. The fraction of sp³-hybridized carbons (Fsp3) is 0.167. The molecule has 2 heterocycles. The molecule has 2 aromatic heterocycles. The Balaban J connectivity index is 1.68. The molecule has 5 nitrogen and oxygen atoms in total. The number of nitrogens with one attached hydrogen (secondary N) is 1. The Morgan fingerprint density at radius 1 is 1.16 bits per heavy atom. The lowest BCUT2D eigenvalue weighted by molar-refractivity contribution is 0.102. The number of carbonyl (C=O) groups is 1. The fourth-order valence-electron chi connectivity index (χ4n) is 3.04. The van der Waals surface area contributed by atoms with E-state index in [1.807, 2.05) is 0 Å². The summed E-state index contributed by atoms with van der Waals surface area (Å²) < 4.78 is 14.9. The fourth-order valence-corrected chi connectivity index (χ4v) is 3.15. The molecule has 1 amide bonds.